The van der Waals surface area contributed by atoms with E-state index in [0.717, 1.165) is 53.1 Å². The predicted molar refractivity (Wildman–Crippen MR) is 122 cm³/mol. The van der Waals surface area contributed by atoms with E-state index in [0.29, 0.717) is 6.54 Å². The van der Waals surface area contributed by atoms with E-state index in [-0.39, 0.29) is 5.91 Å². The van der Waals surface area contributed by atoms with E-state index in [9.17, 15) is 4.79 Å². The summed E-state index contributed by atoms with van der Waals surface area (Å²) >= 11 is 3.21. The Kier molecular flexibility index (Phi) is 6.40. The molecule has 1 amide bonds. The fraction of sp³-hybridized carbons (Fsp3) is 0.364. The second-order valence-corrected chi connectivity index (χ2v) is 9.13. The number of benzene rings is 1. The molecule has 5 nitrogen and oxygen atoms in total. The minimum Gasteiger partial charge on any atom is -0.379 e. The van der Waals surface area contributed by atoms with E-state index in [4.69, 9.17) is 9.72 Å². The van der Waals surface area contributed by atoms with Crippen molar-refractivity contribution in [3.8, 4) is 0 Å². The first-order valence-electron chi connectivity index (χ1n) is 9.82. The van der Waals surface area contributed by atoms with Crippen molar-refractivity contribution in [1.29, 1.82) is 0 Å². The van der Waals surface area contributed by atoms with Crippen LogP contribution in [-0.2, 0) is 9.53 Å². The maximum atomic E-state index is 13.1. The van der Waals surface area contributed by atoms with Gasteiger partial charge in [0.05, 0.1) is 23.4 Å². The van der Waals surface area contributed by atoms with E-state index in [2.05, 4.69) is 30.9 Å². The number of carbonyl (C=O) groups excluding carboxylic acids is 1. The molecule has 0 N–H and O–H groups in total. The molecule has 1 aliphatic rings. The predicted octanol–water partition coefficient (Wildman–Crippen LogP) is 4.35. The number of fused-ring (bicyclic) bond motifs is 1. The second-order valence-electron chi connectivity index (χ2n) is 7.14. The van der Waals surface area contributed by atoms with Crippen molar-refractivity contribution < 1.29 is 9.53 Å². The van der Waals surface area contributed by atoms with Gasteiger partial charge in [-0.25, -0.2) is 4.98 Å². The molecular weight excluding hydrogens is 402 g/mol. The van der Waals surface area contributed by atoms with E-state index >= 15 is 0 Å². The zero-order chi connectivity index (χ0) is 20.2. The minimum absolute atomic E-state index is 0.0277. The highest BCUT2D eigenvalue weighted by molar-refractivity contribution is 7.22. The Balaban J connectivity index is 1.59. The molecule has 152 valence electrons. The number of thiazole rings is 1. The first-order valence-corrected chi connectivity index (χ1v) is 11.5. The largest absolute Gasteiger partial charge is 0.379 e. The lowest BCUT2D eigenvalue weighted by molar-refractivity contribution is -0.114. The van der Waals surface area contributed by atoms with Crippen molar-refractivity contribution in [3.63, 3.8) is 0 Å². The molecule has 1 saturated heterocycles. The first kappa shape index (κ1) is 20.2. The van der Waals surface area contributed by atoms with E-state index in [1.54, 1.807) is 28.7 Å². The number of aromatic nitrogens is 1. The van der Waals surface area contributed by atoms with Gasteiger partial charge in [0.25, 0.3) is 5.91 Å². The smallest absolute Gasteiger partial charge is 0.252 e. The quantitative estimate of drug-likeness (QED) is 0.549. The fourth-order valence-electron chi connectivity index (χ4n) is 3.33. The number of hydrogen-bond donors (Lipinski definition) is 0. The minimum atomic E-state index is -0.0277. The highest BCUT2D eigenvalue weighted by atomic mass is 32.1. The zero-order valence-corrected chi connectivity index (χ0v) is 18.4. The molecule has 0 bridgehead atoms. The van der Waals surface area contributed by atoms with Crippen molar-refractivity contribution in [3.05, 3.63) is 51.7 Å². The van der Waals surface area contributed by atoms with Crippen molar-refractivity contribution in [2.45, 2.75) is 13.8 Å². The summed E-state index contributed by atoms with van der Waals surface area (Å²) in [6.45, 7) is 8.95. The van der Waals surface area contributed by atoms with Gasteiger partial charge >= 0.3 is 0 Å². The zero-order valence-electron chi connectivity index (χ0n) is 16.8. The third-order valence-electron chi connectivity index (χ3n) is 5.25. The van der Waals surface area contributed by atoms with Crippen LogP contribution in [0.3, 0.4) is 0 Å². The number of morpholine rings is 1. The monoisotopic (exact) mass is 427 g/mol. The summed E-state index contributed by atoms with van der Waals surface area (Å²) in [5.41, 5.74) is 3.40. The van der Waals surface area contributed by atoms with Crippen molar-refractivity contribution in [2.75, 3.05) is 44.3 Å². The summed E-state index contributed by atoms with van der Waals surface area (Å²) in [6.07, 6.45) is 3.55. The SMILES string of the molecule is Cc1ccc2sc(N(CCN3CCOCC3)C(=O)/C=C/c3cccs3)nc2c1C. The normalized spacial score (nSPS) is 15.4. The van der Waals surface area contributed by atoms with E-state index in [1.165, 1.54) is 11.1 Å². The summed E-state index contributed by atoms with van der Waals surface area (Å²) in [4.78, 5) is 23.2. The van der Waals surface area contributed by atoms with Gasteiger partial charge in [0.15, 0.2) is 5.13 Å². The van der Waals surface area contributed by atoms with Crippen LogP contribution >= 0.6 is 22.7 Å². The molecule has 1 aromatic carbocycles. The molecule has 4 rings (SSSR count). The van der Waals surface area contributed by atoms with Crippen LogP contribution in [0, 0.1) is 13.8 Å². The Morgan fingerprint density at radius 1 is 1.28 bits per heavy atom. The maximum absolute atomic E-state index is 13.1. The number of thiophene rings is 1. The molecular formula is C22H25N3O2S2. The van der Waals surface area contributed by atoms with Gasteiger partial charge in [0, 0.05) is 37.1 Å². The van der Waals surface area contributed by atoms with Crippen LogP contribution in [0.1, 0.15) is 16.0 Å². The summed E-state index contributed by atoms with van der Waals surface area (Å²) in [5, 5.41) is 2.78. The summed E-state index contributed by atoms with van der Waals surface area (Å²) in [6, 6.07) is 8.22. The maximum Gasteiger partial charge on any atom is 0.252 e. The number of ether oxygens (including phenoxy) is 1. The third-order valence-corrected chi connectivity index (χ3v) is 7.13. The second kappa shape index (κ2) is 9.17. The molecule has 3 heterocycles. The highest BCUT2D eigenvalue weighted by Crippen LogP contribution is 2.32. The number of anilines is 1. The topological polar surface area (TPSA) is 45.7 Å². The van der Waals surface area contributed by atoms with Gasteiger partial charge in [-0.05, 0) is 48.6 Å². The van der Waals surface area contributed by atoms with Gasteiger partial charge in [0.1, 0.15) is 0 Å². The Morgan fingerprint density at radius 2 is 2.10 bits per heavy atom. The Labute approximate surface area is 179 Å². The van der Waals surface area contributed by atoms with E-state index in [1.807, 2.05) is 28.5 Å². The number of rotatable bonds is 6. The van der Waals surface area contributed by atoms with Crippen LogP contribution < -0.4 is 4.90 Å². The summed E-state index contributed by atoms with van der Waals surface area (Å²) in [5.74, 6) is -0.0277. The molecule has 0 saturated carbocycles. The highest BCUT2D eigenvalue weighted by Gasteiger charge is 2.20. The van der Waals surface area contributed by atoms with Crippen LogP contribution in [-0.4, -0.2) is 55.2 Å². The number of amides is 1. The third kappa shape index (κ3) is 4.75. The lowest BCUT2D eigenvalue weighted by Gasteiger charge is -2.28. The van der Waals surface area contributed by atoms with Crippen LogP contribution in [0.4, 0.5) is 5.13 Å². The Morgan fingerprint density at radius 3 is 2.86 bits per heavy atom. The molecule has 0 unspecified atom stereocenters. The lowest BCUT2D eigenvalue weighted by atomic mass is 10.1. The number of hydrogen-bond acceptors (Lipinski definition) is 6. The van der Waals surface area contributed by atoms with Crippen molar-refractivity contribution in [2.24, 2.45) is 0 Å². The van der Waals surface area contributed by atoms with Gasteiger partial charge in [0.2, 0.25) is 0 Å². The molecule has 29 heavy (non-hydrogen) atoms. The van der Waals surface area contributed by atoms with Gasteiger partial charge in [-0.2, -0.15) is 0 Å². The number of aryl methyl sites for hydroxylation is 2. The number of carbonyl (C=O) groups is 1. The van der Waals surface area contributed by atoms with Crippen molar-refractivity contribution >= 4 is 50.0 Å². The van der Waals surface area contributed by atoms with Crippen LogP contribution in [0.5, 0.6) is 0 Å². The van der Waals surface area contributed by atoms with Gasteiger partial charge in [-0.15, -0.1) is 11.3 Å². The lowest BCUT2D eigenvalue weighted by Crippen LogP contribution is -2.42. The molecule has 0 spiro atoms. The molecule has 3 aromatic rings. The number of nitrogens with zero attached hydrogens (tertiary/aromatic N) is 3. The fourth-order valence-corrected chi connectivity index (χ4v) is 5.00. The van der Waals surface area contributed by atoms with Gasteiger partial charge in [-0.1, -0.05) is 23.5 Å². The molecule has 1 aliphatic heterocycles. The molecule has 0 atom stereocenters. The molecule has 2 aromatic heterocycles. The average molecular weight is 428 g/mol. The Bertz CT molecular complexity index is 1000. The molecule has 0 aliphatic carbocycles. The van der Waals surface area contributed by atoms with Gasteiger partial charge < -0.3 is 4.74 Å². The summed E-state index contributed by atoms with van der Waals surface area (Å²) in [7, 11) is 0. The standard InChI is InChI=1S/C22H25N3O2S2/c1-16-5-7-19-21(17(16)2)23-22(29-19)25(10-9-24-11-13-27-14-12-24)20(26)8-6-18-4-3-15-28-18/h3-8,15H,9-14H2,1-2H3/b8-6+. The van der Waals surface area contributed by atoms with Gasteiger partial charge in [-0.3, -0.25) is 14.6 Å². The Hall–Kier alpha value is -2.06. The molecule has 7 heteroatoms. The van der Waals surface area contributed by atoms with Crippen molar-refractivity contribution in [1.82, 2.24) is 9.88 Å². The molecule has 1 fully saturated rings. The van der Waals surface area contributed by atoms with Crippen LogP contribution in [0.25, 0.3) is 16.3 Å². The van der Waals surface area contributed by atoms with Crippen LogP contribution in [0.15, 0.2) is 35.7 Å². The first-order chi connectivity index (χ1) is 14.1. The summed E-state index contributed by atoms with van der Waals surface area (Å²) < 4.78 is 6.56. The van der Waals surface area contributed by atoms with E-state index < -0.39 is 0 Å². The van der Waals surface area contributed by atoms with Crippen LogP contribution in [0.2, 0.25) is 0 Å². The molecule has 0 radical (unpaired) electrons. The average Bonchev–Trinajstić information content (AvgIpc) is 3.40.